The molecule has 4 heteroatoms. The molecule has 0 aliphatic rings. The molecule has 0 saturated heterocycles. The van der Waals surface area contributed by atoms with Crippen molar-refractivity contribution in [2.75, 3.05) is 13.2 Å². The first-order chi connectivity index (χ1) is 13.1. The minimum Gasteiger partial charge on any atom is -0.493 e. The summed E-state index contributed by atoms with van der Waals surface area (Å²) in [4.78, 5) is 1.57. The van der Waals surface area contributed by atoms with Gasteiger partial charge >= 0.3 is 0 Å². The average molecular weight is 403 g/mol. The van der Waals surface area contributed by atoms with E-state index in [1.165, 1.54) is 0 Å². The highest BCUT2D eigenvalue weighted by atomic mass is 32.1. The number of hydrogen-bond acceptors (Lipinski definition) is 4. The van der Waals surface area contributed by atoms with Gasteiger partial charge in [0.25, 0.3) is 0 Å². The summed E-state index contributed by atoms with van der Waals surface area (Å²) < 4.78 is 12.2. The van der Waals surface area contributed by atoms with E-state index in [0.29, 0.717) is 13.2 Å². The summed E-state index contributed by atoms with van der Waals surface area (Å²) in [7, 11) is 0. The molecule has 0 atom stereocenters. The maximum atomic E-state index is 6.12. The lowest BCUT2D eigenvalue weighted by atomic mass is 10.1. The van der Waals surface area contributed by atoms with Crippen LogP contribution in [0.1, 0.15) is 56.2 Å². The smallest absolute Gasteiger partial charge is 0.131 e. The SMILES string of the molecule is CCCCOc1cc(C)cc(OCCCC)c1/C(S)=C(/S)c1ccccc1. The number of unbranched alkanes of at least 4 members (excludes halogenated alkanes) is 2. The highest BCUT2D eigenvalue weighted by Crippen LogP contribution is 2.43. The van der Waals surface area contributed by atoms with E-state index in [1.54, 1.807) is 0 Å². The standard InChI is InChI=1S/C23H30O2S2/c1-4-6-13-24-19-15-17(3)16-20(25-14-7-5-2)21(19)23(27)22(26)18-11-9-8-10-12-18/h8-12,15-16,26-27H,4-7,13-14H2,1-3H3/b23-22-. The maximum Gasteiger partial charge on any atom is 0.131 e. The van der Waals surface area contributed by atoms with Crippen LogP contribution in [0.4, 0.5) is 0 Å². The van der Waals surface area contributed by atoms with Crippen molar-refractivity contribution < 1.29 is 9.47 Å². The highest BCUT2D eigenvalue weighted by molar-refractivity contribution is 7.96. The zero-order chi connectivity index (χ0) is 19.6. The summed E-state index contributed by atoms with van der Waals surface area (Å²) in [5, 5.41) is 0. The fourth-order valence-corrected chi connectivity index (χ4v) is 3.30. The van der Waals surface area contributed by atoms with Crippen LogP contribution >= 0.6 is 25.3 Å². The Kier molecular flexibility index (Phi) is 9.16. The van der Waals surface area contributed by atoms with Crippen LogP contribution in [0.3, 0.4) is 0 Å². The molecule has 146 valence electrons. The fraction of sp³-hybridized carbons (Fsp3) is 0.391. The van der Waals surface area contributed by atoms with Gasteiger partial charge in [0.15, 0.2) is 0 Å². The topological polar surface area (TPSA) is 18.5 Å². The summed E-state index contributed by atoms with van der Waals surface area (Å²) in [6, 6.07) is 14.2. The second kappa shape index (κ2) is 11.4. The minimum absolute atomic E-state index is 0.676. The van der Waals surface area contributed by atoms with E-state index >= 15 is 0 Å². The van der Waals surface area contributed by atoms with E-state index in [4.69, 9.17) is 34.7 Å². The van der Waals surface area contributed by atoms with Crippen LogP contribution in [0, 0.1) is 6.92 Å². The number of rotatable bonds is 10. The van der Waals surface area contributed by atoms with Crippen molar-refractivity contribution in [3.63, 3.8) is 0 Å². The van der Waals surface area contributed by atoms with Gasteiger partial charge in [-0.3, -0.25) is 0 Å². The molecule has 27 heavy (non-hydrogen) atoms. The Morgan fingerprint density at radius 2 is 1.33 bits per heavy atom. The summed E-state index contributed by atoms with van der Waals surface area (Å²) in [6.07, 6.45) is 4.20. The quantitative estimate of drug-likeness (QED) is 0.252. The third kappa shape index (κ3) is 6.25. The molecule has 2 aromatic rings. The lowest BCUT2D eigenvalue weighted by Gasteiger charge is -2.19. The highest BCUT2D eigenvalue weighted by Gasteiger charge is 2.18. The average Bonchev–Trinajstić information content (AvgIpc) is 2.68. The number of benzene rings is 2. The number of thiol groups is 2. The van der Waals surface area contributed by atoms with Crippen LogP contribution in [0.15, 0.2) is 42.5 Å². The Morgan fingerprint density at radius 3 is 1.81 bits per heavy atom. The van der Waals surface area contributed by atoms with Crippen molar-refractivity contribution in [2.45, 2.75) is 46.5 Å². The lowest BCUT2D eigenvalue weighted by Crippen LogP contribution is -2.04. The molecule has 0 saturated carbocycles. The number of aryl methyl sites for hydroxylation is 1. The Hall–Kier alpha value is -1.52. The van der Waals surface area contributed by atoms with Gasteiger partial charge in [0, 0.05) is 9.81 Å². The molecule has 0 N–H and O–H groups in total. The van der Waals surface area contributed by atoms with Gasteiger partial charge < -0.3 is 9.47 Å². The molecule has 0 aliphatic carbocycles. The first-order valence-electron chi connectivity index (χ1n) is 9.66. The Morgan fingerprint density at radius 1 is 0.815 bits per heavy atom. The van der Waals surface area contributed by atoms with Crippen molar-refractivity contribution in [1.29, 1.82) is 0 Å². The lowest BCUT2D eigenvalue weighted by molar-refractivity contribution is 0.292. The second-order valence-corrected chi connectivity index (χ2v) is 7.50. The fourth-order valence-electron chi connectivity index (χ4n) is 2.69. The first kappa shape index (κ1) is 21.8. The monoisotopic (exact) mass is 402 g/mol. The van der Waals surface area contributed by atoms with Gasteiger partial charge in [-0.05, 0) is 43.0 Å². The molecule has 0 bridgehead atoms. The molecule has 2 aromatic carbocycles. The number of ether oxygens (including phenoxy) is 2. The van der Waals surface area contributed by atoms with Crippen LogP contribution in [-0.4, -0.2) is 13.2 Å². The van der Waals surface area contributed by atoms with Gasteiger partial charge in [-0.15, -0.1) is 25.3 Å². The predicted molar refractivity (Wildman–Crippen MR) is 123 cm³/mol. The molecule has 0 aliphatic heterocycles. The molecule has 0 amide bonds. The van der Waals surface area contributed by atoms with Crippen LogP contribution in [0.2, 0.25) is 0 Å². The van der Waals surface area contributed by atoms with E-state index in [-0.39, 0.29) is 0 Å². The third-order valence-electron chi connectivity index (χ3n) is 4.23. The normalized spacial score (nSPS) is 11.9. The van der Waals surface area contributed by atoms with E-state index in [0.717, 1.165) is 63.7 Å². The van der Waals surface area contributed by atoms with E-state index in [2.05, 4.69) is 32.9 Å². The predicted octanol–water partition coefficient (Wildman–Crippen LogP) is 7.04. The van der Waals surface area contributed by atoms with Crippen molar-refractivity contribution in [2.24, 2.45) is 0 Å². The Bertz CT molecular complexity index is 723. The molecule has 0 heterocycles. The summed E-state index contributed by atoms with van der Waals surface area (Å²) in [5.41, 5.74) is 3.01. The van der Waals surface area contributed by atoms with Crippen molar-refractivity contribution in [1.82, 2.24) is 0 Å². The van der Waals surface area contributed by atoms with Gasteiger partial charge in [-0.25, -0.2) is 0 Å². The zero-order valence-corrected chi connectivity index (χ0v) is 18.3. The molecular weight excluding hydrogens is 372 g/mol. The number of hydrogen-bond donors (Lipinski definition) is 2. The van der Waals surface area contributed by atoms with Gasteiger partial charge in [0.1, 0.15) is 11.5 Å². The molecule has 2 nitrogen and oxygen atoms in total. The summed E-state index contributed by atoms with van der Waals surface area (Å²) in [6.45, 7) is 7.73. The van der Waals surface area contributed by atoms with Gasteiger partial charge in [-0.2, -0.15) is 0 Å². The third-order valence-corrected chi connectivity index (χ3v) is 5.33. The Labute approximate surface area is 174 Å². The van der Waals surface area contributed by atoms with E-state index < -0.39 is 0 Å². The van der Waals surface area contributed by atoms with Crippen LogP contribution in [0.25, 0.3) is 9.81 Å². The maximum absolute atomic E-state index is 6.12. The van der Waals surface area contributed by atoms with Gasteiger partial charge in [0.2, 0.25) is 0 Å². The summed E-state index contributed by atoms with van der Waals surface area (Å²) in [5.74, 6) is 1.62. The molecule has 0 radical (unpaired) electrons. The molecule has 2 rings (SSSR count). The minimum atomic E-state index is 0.676. The van der Waals surface area contributed by atoms with Crippen molar-refractivity contribution >= 4 is 35.1 Å². The molecule has 0 unspecified atom stereocenters. The summed E-state index contributed by atoms with van der Waals surface area (Å²) >= 11 is 9.59. The van der Waals surface area contributed by atoms with Crippen LogP contribution in [-0.2, 0) is 0 Å². The van der Waals surface area contributed by atoms with Crippen LogP contribution < -0.4 is 9.47 Å². The van der Waals surface area contributed by atoms with Crippen molar-refractivity contribution in [3.05, 3.63) is 59.2 Å². The molecule has 0 spiro atoms. The van der Waals surface area contributed by atoms with Crippen molar-refractivity contribution in [3.8, 4) is 11.5 Å². The van der Waals surface area contributed by atoms with Gasteiger partial charge in [-0.1, -0.05) is 57.0 Å². The van der Waals surface area contributed by atoms with Crippen LogP contribution in [0.5, 0.6) is 11.5 Å². The molecule has 0 aromatic heterocycles. The second-order valence-electron chi connectivity index (χ2n) is 6.60. The Balaban J connectivity index is 2.51. The van der Waals surface area contributed by atoms with Gasteiger partial charge in [0.05, 0.1) is 18.8 Å². The van der Waals surface area contributed by atoms with E-state index in [9.17, 15) is 0 Å². The van der Waals surface area contributed by atoms with E-state index in [1.807, 2.05) is 30.3 Å². The molecular formula is C23H30O2S2. The largest absolute Gasteiger partial charge is 0.493 e. The first-order valence-corrected chi connectivity index (χ1v) is 10.6. The zero-order valence-electron chi connectivity index (χ0n) is 16.5. The molecule has 0 fully saturated rings.